The number of carbonyl (C=O) groups is 1. The molecule has 1 fully saturated rings. The van der Waals surface area contributed by atoms with Crippen molar-refractivity contribution in [1.29, 1.82) is 0 Å². The molecule has 2 aliphatic rings. The number of hydrogen-bond donors (Lipinski definition) is 2. The second kappa shape index (κ2) is 4.57. The molecule has 2 aromatic rings. The number of carboxylic acid groups (broad SMARTS) is 1. The third-order valence-corrected chi connectivity index (χ3v) is 4.95. The lowest BCUT2D eigenvalue weighted by molar-refractivity contribution is 0.184. The maximum Gasteiger partial charge on any atom is 0.405 e. The molecule has 1 spiro atoms. The van der Waals surface area contributed by atoms with Crippen molar-refractivity contribution in [3.63, 3.8) is 0 Å². The van der Waals surface area contributed by atoms with Crippen molar-refractivity contribution >= 4 is 6.09 Å². The minimum atomic E-state index is -0.966. The third kappa shape index (κ3) is 2.06. The van der Waals surface area contributed by atoms with Gasteiger partial charge in [-0.2, -0.15) is 0 Å². The van der Waals surface area contributed by atoms with Crippen molar-refractivity contribution in [2.75, 3.05) is 0 Å². The van der Waals surface area contributed by atoms with Crippen LogP contribution in [0.25, 0.3) is 11.1 Å². The smallest absolute Gasteiger partial charge is 0.405 e. The van der Waals surface area contributed by atoms with Gasteiger partial charge in [0.15, 0.2) is 0 Å². The summed E-state index contributed by atoms with van der Waals surface area (Å²) in [6.45, 7) is 0. The Bertz CT molecular complexity index is 750. The van der Waals surface area contributed by atoms with Crippen LogP contribution in [0.2, 0.25) is 0 Å². The number of rotatable bonds is 2. The molecule has 1 atom stereocenters. The van der Waals surface area contributed by atoms with Crippen LogP contribution < -0.4 is 5.32 Å². The summed E-state index contributed by atoms with van der Waals surface area (Å²) >= 11 is 0. The Balaban J connectivity index is 1.71. The second-order valence-electron chi connectivity index (χ2n) is 6.34. The Labute approximate surface area is 127 Å². The molecule has 0 radical (unpaired) electrons. The molecule has 1 saturated carbocycles. The molecule has 2 aliphatic carbocycles. The van der Waals surface area contributed by atoms with Crippen molar-refractivity contribution in [3.05, 3.63) is 59.4 Å². The van der Waals surface area contributed by atoms with Crippen LogP contribution in [-0.2, 0) is 6.42 Å². The van der Waals surface area contributed by atoms with Crippen molar-refractivity contribution in [1.82, 2.24) is 5.32 Å². The lowest BCUT2D eigenvalue weighted by atomic mass is 9.97. The predicted octanol–water partition coefficient (Wildman–Crippen LogP) is 4.14. The van der Waals surface area contributed by atoms with Crippen LogP contribution in [0.5, 0.6) is 0 Å². The van der Waals surface area contributed by atoms with Gasteiger partial charge in [0, 0.05) is 0 Å². The Morgan fingerprint density at radius 3 is 2.45 bits per heavy atom. The van der Waals surface area contributed by atoms with Crippen molar-refractivity contribution < 1.29 is 14.3 Å². The van der Waals surface area contributed by atoms with Crippen LogP contribution in [-0.4, -0.2) is 11.2 Å². The molecular weight excluding hydrogens is 281 g/mol. The monoisotopic (exact) mass is 297 g/mol. The predicted molar refractivity (Wildman–Crippen MR) is 81.1 cm³/mol. The Hall–Kier alpha value is -2.36. The summed E-state index contributed by atoms with van der Waals surface area (Å²) in [5.74, 6) is -0.243. The fraction of sp³-hybridized carbons (Fsp3) is 0.278. The number of benzene rings is 2. The quantitative estimate of drug-likeness (QED) is 0.875. The fourth-order valence-corrected chi connectivity index (χ4v) is 3.65. The van der Waals surface area contributed by atoms with Crippen LogP contribution in [0.15, 0.2) is 42.5 Å². The highest BCUT2D eigenvalue weighted by Gasteiger charge is 2.55. The molecule has 2 aromatic carbocycles. The van der Waals surface area contributed by atoms with Gasteiger partial charge in [-0.15, -0.1) is 0 Å². The summed E-state index contributed by atoms with van der Waals surface area (Å²) in [4.78, 5) is 11.1. The molecule has 1 unspecified atom stereocenters. The normalized spacial score (nSPS) is 20.7. The zero-order chi connectivity index (χ0) is 15.3. The molecule has 0 saturated heterocycles. The molecule has 22 heavy (non-hydrogen) atoms. The van der Waals surface area contributed by atoms with Gasteiger partial charge in [-0.1, -0.05) is 30.3 Å². The summed E-state index contributed by atoms with van der Waals surface area (Å²) in [7, 11) is 0. The van der Waals surface area contributed by atoms with Crippen molar-refractivity contribution in [2.24, 2.45) is 5.41 Å². The van der Waals surface area contributed by atoms with Crippen LogP contribution in [0.3, 0.4) is 0 Å². The topological polar surface area (TPSA) is 49.3 Å². The van der Waals surface area contributed by atoms with Crippen LogP contribution >= 0.6 is 0 Å². The first-order valence-electron chi connectivity index (χ1n) is 7.46. The first-order valence-corrected chi connectivity index (χ1v) is 7.46. The minimum Gasteiger partial charge on any atom is -0.465 e. The van der Waals surface area contributed by atoms with E-state index in [-0.39, 0.29) is 17.3 Å². The van der Waals surface area contributed by atoms with Gasteiger partial charge < -0.3 is 10.4 Å². The molecule has 0 heterocycles. The Morgan fingerprint density at radius 1 is 1.14 bits per heavy atom. The van der Waals surface area contributed by atoms with Gasteiger partial charge in [0.2, 0.25) is 0 Å². The number of nitrogens with one attached hydrogen (secondary N) is 1. The minimum absolute atomic E-state index is 0.0855. The molecule has 0 bridgehead atoms. The number of fused-ring (bicyclic) bond motifs is 1. The number of halogens is 1. The van der Waals surface area contributed by atoms with Gasteiger partial charge in [-0.05, 0) is 59.1 Å². The molecule has 1 amide bonds. The molecule has 4 rings (SSSR count). The second-order valence-corrected chi connectivity index (χ2v) is 6.34. The Morgan fingerprint density at radius 2 is 1.82 bits per heavy atom. The lowest BCUT2D eigenvalue weighted by Gasteiger charge is -2.19. The molecule has 3 nitrogen and oxygen atoms in total. The van der Waals surface area contributed by atoms with Crippen LogP contribution in [0.4, 0.5) is 9.18 Å². The molecule has 2 N–H and O–H groups in total. The molecule has 0 aromatic heterocycles. The van der Waals surface area contributed by atoms with Crippen LogP contribution in [0.1, 0.15) is 30.0 Å². The maximum atomic E-state index is 13.0. The van der Waals surface area contributed by atoms with E-state index in [4.69, 9.17) is 5.11 Å². The molecular formula is C18H16FNO2. The zero-order valence-electron chi connectivity index (χ0n) is 12.0. The molecule has 4 heteroatoms. The summed E-state index contributed by atoms with van der Waals surface area (Å²) in [5.41, 5.74) is 4.40. The highest BCUT2D eigenvalue weighted by atomic mass is 19.1. The van der Waals surface area contributed by atoms with E-state index in [1.807, 2.05) is 12.1 Å². The first kappa shape index (κ1) is 13.3. The fourth-order valence-electron chi connectivity index (χ4n) is 3.65. The van der Waals surface area contributed by atoms with Gasteiger partial charge >= 0.3 is 6.09 Å². The van der Waals surface area contributed by atoms with E-state index >= 15 is 0 Å². The van der Waals surface area contributed by atoms with E-state index in [0.29, 0.717) is 0 Å². The van der Waals surface area contributed by atoms with Crippen molar-refractivity contribution in [2.45, 2.75) is 25.3 Å². The lowest BCUT2D eigenvalue weighted by Crippen LogP contribution is -2.30. The van der Waals surface area contributed by atoms with Gasteiger partial charge in [0.05, 0.1) is 6.04 Å². The number of hydrogen-bond acceptors (Lipinski definition) is 1. The first-order chi connectivity index (χ1) is 10.6. The van der Waals surface area contributed by atoms with Crippen molar-refractivity contribution in [3.8, 4) is 11.1 Å². The molecule has 0 aliphatic heterocycles. The average Bonchev–Trinajstić information content (AvgIpc) is 3.19. The van der Waals surface area contributed by atoms with Gasteiger partial charge in [-0.3, -0.25) is 0 Å². The van der Waals surface area contributed by atoms with E-state index in [0.717, 1.165) is 36.0 Å². The SMILES string of the molecule is O=C(O)NC1c2ccc(-c3ccc(F)cc3)cc2CC12CC2. The van der Waals surface area contributed by atoms with E-state index in [1.165, 1.54) is 17.7 Å². The standard InChI is InChI=1S/C18H16FNO2/c19-14-4-1-11(2-5-14)12-3-6-15-13(9-12)10-18(7-8-18)16(15)20-17(21)22/h1-6,9,16,20H,7-8,10H2,(H,21,22). The highest BCUT2D eigenvalue weighted by Crippen LogP contribution is 2.62. The van der Waals surface area contributed by atoms with Gasteiger partial charge in [0.25, 0.3) is 0 Å². The summed E-state index contributed by atoms with van der Waals surface area (Å²) in [6.07, 6.45) is 2.09. The van der Waals surface area contributed by atoms with E-state index in [1.54, 1.807) is 12.1 Å². The molecule has 112 valence electrons. The van der Waals surface area contributed by atoms with E-state index in [2.05, 4.69) is 11.4 Å². The summed E-state index contributed by atoms with van der Waals surface area (Å²) in [6, 6.07) is 12.5. The van der Waals surface area contributed by atoms with Gasteiger partial charge in [0.1, 0.15) is 5.82 Å². The third-order valence-electron chi connectivity index (χ3n) is 4.95. The van der Waals surface area contributed by atoms with Crippen LogP contribution in [0, 0.1) is 11.2 Å². The van der Waals surface area contributed by atoms with Gasteiger partial charge in [-0.25, -0.2) is 9.18 Å². The van der Waals surface area contributed by atoms with E-state index in [9.17, 15) is 9.18 Å². The summed E-state index contributed by atoms with van der Waals surface area (Å²) < 4.78 is 13.0. The maximum absolute atomic E-state index is 13.0. The average molecular weight is 297 g/mol. The van der Waals surface area contributed by atoms with E-state index < -0.39 is 6.09 Å². The largest absolute Gasteiger partial charge is 0.465 e. The Kier molecular flexibility index (Phi) is 2.76. The highest BCUT2D eigenvalue weighted by molar-refractivity contribution is 5.69. The summed E-state index contributed by atoms with van der Waals surface area (Å²) in [5, 5.41) is 11.8. The zero-order valence-corrected chi connectivity index (χ0v) is 12.0. The number of amides is 1.